The molecule has 1 aromatic rings. The first-order valence-corrected chi connectivity index (χ1v) is 5.96. The fourth-order valence-corrected chi connectivity index (χ4v) is 1.98. The topological polar surface area (TPSA) is 94.5 Å². The zero-order valence-electron chi connectivity index (χ0n) is 10.4. The van der Waals surface area contributed by atoms with Crippen molar-refractivity contribution in [1.29, 1.82) is 0 Å². The molecule has 2 atom stereocenters. The van der Waals surface area contributed by atoms with Crippen molar-refractivity contribution in [1.82, 2.24) is 4.98 Å². The van der Waals surface area contributed by atoms with E-state index in [-0.39, 0.29) is 17.8 Å². The van der Waals surface area contributed by atoms with Gasteiger partial charge in [0.15, 0.2) is 0 Å². The minimum atomic E-state index is -0.520. The van der Waals surface area contributed by atoms with Crippen molar-refractivity contribution >= 4 is 11.6 Å². The second-order valence-electron chi connectivity index (χ2n) is 4.48. The lowest BCUT2D eigenvalue weighted by molar-refractivity contribution is 0.0276. The van der Waals surface area contributed by atoms with Gasteiger partial charge in [-0.05, 0) is 19.1 Å². The minimum absolute atomic E-state index is 0.00365. The number of anilines is 1. The molecule has 6 heteroatoms. The summed E-state index contributed by atoms with van der Waals surface area (Å²) in [5.74, 6) is -0.520. The van der Waals surface area contributed by atoms with Crippen LogP contribution in [0.2, 0.25) is 0 Å². The molecule has 2 rings (SSSR count). The smallest absolute Gasteiger partial charge is 0.267 e. The highest BCUT2D eigenvalue weighted by molar-refractivity contribution is 5.91. The fourth-order valence-electron chi connectivity index (χ4n) is 1.98. The summed E-state index contributed by atoms with van der Waals surface area (Å²) < 4.78 is 5.59. The number of carbonyl (C=O) groups excluding carboxylic acids is 1. The number of pyridine rings is 1. The number of amides is 1. The third kappa shape index (κ3) is 2.77. The van der Waals surface area contributed by atoms with Crippen LogP contribution in [0.25, 0.3) is 0 Å². The molecule has 0 spiro atoms. The number of primary amides is 1. The van der Waals surface area contributed by atoms with E-state index in [2.05, 4.69) is 9.88 Å². The van der Waals surface area contributed by atoms with Gasteiger partial charge in [-0.15, -0.1) is 0 Å². The second-order valence-corrected chi connectivity index (χ2v) is 4.48. The normalized spacial score (nSPS) is 21.7. The molecule has 0 bridgehead atoms. The van der Waals surface area contributed by atoms with Gasteiger partial charge in [0.1, 0.15) is 5.69 Å². The van der Waals surface area contributed by atoms with Crippen LogP contribution in [0.5, 0.6) is 0 Å². The molecule has 6 nitrogen and oxygen atoms in total. The Hall–Kier alpha value is -1.66. The predicted molar refractivity (Wildman–Crippen MR) is 68.4 cm³/mol. The van der Waals surface area contributed by atoms with Crippen LogP contribution >= 0.6 is 0 Å². The Morgan fingerprint density at radius 2 is 2.44 bits per heavy atom. The molecular weight excluding hydrogens is 232 g/mol. The second kappa shape index (κ2) is 5.32. The fraction of sp³-hybridized carbons (Fsp3) is 0.500. The summed E-state index contributed by atoms with van der Waals surface area (Å²) in [6.07, 6.45) is 1.59. The molecule has 0 saturated carbocycles. The van der Waals surface area contributed by atoms with Crippen LogP contribution in [-0.2, 0) is 4.74 Å². The van der Waals surface area contributed by atoms with E-state index in [0.717, 1.165) is 12.2 Å². The van der Waals surface area contributed by atoms with Crippen molar-refractivity contribution in [2.75, 3.05) is 24.6 Å². The van der Waals surface area contributed by atoms with Crippen LogP contribution < -0.4 is 16.4 Å². The predicted octanol–water partition coefficient (Wildman–Crippen LogP) is -0.267. The summed E-state index contributed by atoms with van der Waals surface area (Å²) in [6, 6.07) is 3.53. The van der Waals surface area contributed by atoms with Crippen molar-refractivity contribution in [3.05, 3.63) is 24.0 Å². The van der Waals surface area contributed by atoms with Crippen molar-refractivity contribution < 1.29 is 9.53 Å². The van der Waals surface area contributed by atoms with E-state index < -0.39 is 5.91 Å². The van der Waals surface area contributed by atoms with E-state index in [9.17, 15) is 4.79 Å². The van der Waals surface area contributed by atoms with Crippen LogP contribution in [0, 0.1) is 0 Å². The molecule has 2 unspecified atom stereocenters. The van der Waals surface area contributed by atoms with Crippen molar-refractivity contribution in [3.8, 4) is 0 Å². The van der Waals surface area contributed by atoms with Gasteiger partial charge in [0.2, 0.25) is 0 Å². The van der Waals surface area contributed by atoms with Gasteiger partial charge >= 0.3 is 0 Å². The van der Waals surface area contributed by atoms with Crippen molar-refractivity contribution in [3.63, 3.8) is 0 Å². The number of hydrogen-bond acceptors (Lipinski definition) is 5. The molecule has 1 aliphatic heterocycles. The number of nitrogens with zero attached hydrogens (tertiary/aromatic N) is 2. The summed E-state index contributed by atoms with van der Waals surface area (Å²) in [4.78, 5) is 17.2. The highest BCUT2D eigenvalue weighted by Crippen LogP contribution is 2.18. The Morgan fingerprint density at radius 3 is 3.11 bits per heavy atom. The van der Waals surface area contributed by atoms with Gasteiger partial charge in [0.25, 0.3) is 5.91 Å². The highest BCUT2D eigenvalue weighted by Gasteiger charge is 2.23. The van der Waals surface area contributed by atoms with E-state index in [1.54, 1.807) is 12.3 Å². The van der Waals surface area contributed by atoms with Crippen LogP contribution in [0.1, 0.15) is 17.4 Å². The number of ether oxygens (including phenoxy) is 1. The number of aromatic nitrogens is 1. The lowest BCUT2D eigenvalue weighted by atomic mass is 10.1. The molecular formula is C12H18N4O2. The van der Waals surface area contributed by atoms with Gasteiger partial charge in [-0.2, -0.15) is 0 Å². The van der Waals surface area contributed by atoms with Crippen LogP contribution in [0.3, 0.4) is 0 Å². The van der Waals surface area contributed by atoms with Gasteiger partial charge in [0.05, 0.1) is 12.7 Å². The summed E-state index contributed by atoms with van der Waals surface area (Å²) in [7, 11) is 0. The molecule has 1 aromatic heterocycles. The molecule has 0 aliphatic carbocycles. The lowest BCUT2D eigenvalue weighted by Crippen LogP contribution is -2.49. The molecule has 1 saturated heterocycles. The van der Waals surface area contributed by atoms with Gasteiger partial charge < -0.3 is 21.1 Å². The summed E-state index contributed by atoms with van der Waals surface area (Å²) in [5.41, 5.74) is 12.3. The third-order valence-corrected chi connectivity index (χ3v) is 3.04. The summed E-state index contributed by atoms with van der Waals surface area (Å²) in [6.45, 7) is 4.03. The third-order valence-electron chi connectivity index (χ3n) is 3.04. The number of rotatable bonds is 3. The molecule has 1 aliphatic rings. The standard InChI is InChI=1S/C12H18N4O2/c1-8(13)11-7-16(4-5-18-11)9-2-3-15-10(6-9)12(14)17/h2-3,6,8,11H,4-5,7,13H2,1H3,(H2,14,17). The average Bonchev–Trinajstić information content (AvgIpc) is 2.39. The Morgan fingerprint density at radius 1 is 1.67 bits per heavy atom. The first-order valence-electron chi connectivity index (χ1n) is 5.96. The van der Waals surface area contributed by atoms with Crippen molar-refractivity contribution in [2.45, 2.75) is 19.1 Å². The maximum atomic E-state index is 11.1. The molecule has 1 amide bonds. The first-order chi connectivity index (χ1) is 8.58. The van der Waals surface area contributed by atoms with Crippen LogP contribution in [0.4, 0.5) is 5.69 Å². The maximum absolute atomic E-state index is 11.1. The van der Waals surface area contributed by atoms with Crippen LogP contribution in [0.15, 0.2) is 18.3 Å². The molecule has 18 heavy (non-hydrogen) atoms. The van der Waals surface area contributed by atoms with Gasteiger partial charge in [0, 0.05) is 31.0 Å². The summed E-state index contributed by atoms with van der Waals surface area (Å²) in [5, 5.41) is 0. The Balaban J connectivity index is 2.15. The number of morpholine rings is 1. The van der Waals surface area contributed by atoms with E-state index in [4.69, 9.17) is 16.2 Å². The number of hydrogen-bond donors (Lipinski definition) is 2. The zero-order chi connectivity index (χ0) is 13.1. The van der Waals surface area contributed by atoms with Gasteiger partial charge in [-0.1, -0.05) is 0 Å². The molecule has 2 heterocycles. The minimum Gasteiger partial charge on any atom is -0.373 e. The average molecular weight is 250 g/mol. The first kappa shape index (κ1) is 12.8. The van der Waals surface area contributed by atoms with E-state index in [1.165, 1.54) is 0 Å². The molecule has 4 N–H and O–H groups in total. The molecule has 98 valence electrons. The van der Waals surface area contributed by atoms with E-state index in [0.29, 0.717) is 13.2 Å². The Labute approximate surface area is 106 Å². The lowest BCUT2D eigenvalue weighted by Gasteiger charge is -2.36. The molecule has 1 fully saturated rings. The van der Waals surface area contributed by atoms with E-state index >= 15 is 0 Å². The SMILES string of the molecule is CC(N)C1CN(c2ccnc(C(N)=O)c2)CCO1. The van der Waals surface area contributed by atoms with E-state index in [1.807, 2.05) is 13.0 Å². The summed E-state index contributed by atoms with van der Waals surface area (Å²) >= 11 is 0. The largest absolute Gasteiger partial charge is 0.373 e. The monoisotopic (exact) mass is 250 g/mol. The quantitative estimate of drug-likeness (QED) is 0.770. The number of carbonyl (C=O) groups is 1. The van der Waals surface area contributed by atoms with Crippen molar-refractivity contribution in [2.24, 2.45) is 11.5 Å². The zero-order valence-corrected chi connectivity index (χ0v) is 10.4. The van der Waals surface area contributed by atoms with Gasteiger partial charge in [-0.25, -0.2) is 0 Å². The highest BCUT2D eigenvalue weighted by atomic mass is 16.5. The van der Waals surface area contributed by atoms with Gasteiger partial charge in [-0.3, -0.25) is 9.78 Å². The Bertz CT molecular complexity index is 436. The maximum Gasteiger partial charge on any atom is 0.267 e. The molecule has 0 aromatic carbocycles. The van der Waals surface area contributed by atoms with Crippen LogP contribution in [-0.4, -0.2) is 42.7 Å². The number of nitrogens with two attached hydrogens (primary N) is 2. The molecule has 0 radical (unpaired) electrons. The Kier molecular flexibility index (Phi) is 3.78.